The molecular weight excluding hydrogens is 352 g/mol. The highest BCUT2D eigenvalue weighted by molar-refractivity contribution is 5.25. The average molecular weight is 399 g/mol. The molecule has 0 spiro atoms. The van der Waals surface area contributed by atoms with Gasteiger partial charge >= 0.3 is 0 Å². The molecule has 4 aliphatic rings. The smallest absolute Gasteiger partial charge is 0.0577 e. The fraction of sp³-hybridized carbons (Fsp3) is 0.857. The number of rotatable bonds is 5. The van der Waals surface area contributed by atoms with E-state index in [0.29, 0.717) is 16.7 Å². The van der Waals surface area contributed by atoms with Crippen LogP contribution in [0.25, 0.3) is 0 Å². The second-order valence-electron chi connectivity index (χ2n) is 12.2. The van der Waals surface area contributed by atoms with Crippen LogP contribution in [-0.4, -0.2) is 11.2 Å². The zero-order valence-electron chi connectivity index (χ0n) is 19.8. The molecule has 0 amide bonds. The van der Waals surface area contributed by atoms with E-state index in [1.165, 1.54) is 56.9 Å². The van der Waals surface area contributed by atoms with E-state index in [2.05, 4.69) is 47.3 Å². The van der Waals surface area contributed by atoms with Crippen LogP contribution in [0.3, 0.4) is 0 Å². The monoisotopic (exact) mass is 398 g/mol. The third kappa shape index (κ3) is 3.58. The molecule has 3 saturated carbocycles. The fourth-order valence-corrected chi connectivity index (χ4v) is 8.52. The largest absolute Gasteiger partial charge is 0.393 e. The van der Waals surface area contributed by atoms with Gasteiger partial charge in [0.15, 0.2) is 0 Å². The molecule has 0 saturated heterocycles. The Balaban J connectivity index is 1.49. The summed E-state index contributed by atoms with van der Waals surface area (Å²) in [5.74, 6) is 5.03. The van der Waals surface area contributed by atoms with E-state index < -0.39 is 0 Å². The van der Waals surface area contributed by atoms with E-state index in [1.807, 2.05) is 0 Å². The van der Waals surface area contributed by atoms with Crippen molar-refractivity contribution in [2.45, 2.75) is 105 Å². The summed E-state index contributed by atoms with van der Waals surface area (Å²) in [5, 5.41) is 10.2. The van der Waals surface area contributed by atoms with Crippen molar-refractivity contribution >= 4 is 0 Å². The summed E-state index contributed by atoms with van der Waals surface area (Å²) in [4.78, 5) is 0. The lowest BCUT2D eigenvalue weighted by atomic mass is 9.47. The molecule has 0 aromatic carbocycles. The minimum absolute atomic E-state index is 0.0861. The third-order valence-corrected chi connectivity index (χ3v) is 10.6. The quantitative estimate of drug-likeness (QED) is 0.474. The van der Waals surface area contributed by atoms with Gasteiger partial charge in [-0.1, -0.05) is 58.4 Å². The normalized spacial score (nSPS) is 45.2. The van der Waals surface area contributed by atoms with Gasteiger partial charge in [0.05, 0.1) is 6.10 Å². The summed E-state index contributed by atoms with van der Waals surface area (Å²) in [6.07, 6.45) is 15.3. The van der Waals surface area contributed by atoms with Crippen LogP contribution in [-0.2, 0) is 0 Å². The third-order valence-electron chi connectivity index (χ3n) is 10.6. The number of fused-ring (bicyclic) bond motifs is 5. The molecule has 0 heterocycles. The molecule has 0 aromatic rings. The van der Waals surface area contributed by atoms with E-state index in [9.17, 15) is 5.11 Å². The van der Waals surface area contributed by atoms with Crippen molar-refractivity contribution in [1.29, 1.82) is 0 Å². The molecular formula is C28H46O. The van der Waals surface area contributed by atoms with Crippen LogP contribution in [0, 0.1) is 46.3 Å². The maximum atomic E-state index is 10.2. The van der Waals surface area contributed by atoms with E-state index in [4.69, 9.17) is 0 Å². The van der Waals surface area contributed by atoms with Crippen molar-refractivity contribution in [2.75, 3.05) is 0 Å². The van der Waals surface area contributed by atoms with E-state index in [-0.39, 0.29) is 6.10 Å². The summed E-state index contributed by atoms with van der Waals surface area (Å²) in [6, 6.07) is 0. The minimum atomic E-state index is -0.0861. The van der Waals surface area contributed by atoms with Gasteiger partial charge in [0.25, 0.3) is 0 Å². The topological polar surface area (TPSA) is 20.2 Å². The number of allylic oxidation sites excluding steroid dienone is 2. The first-order valence-corrected chi connectivity index (χ1v) is 12.7. The fourth-order valence-electron chi connectivity index (χ4n) is 8.52. The Morgan fingerprint density at radius 3 is 2.59 bits per heavy atom. The van der Waals surface area contributed by atoms with Gasteiger partial charge in [0.2, 0.25) is 0 Å². The number of aliphatic hydroxyl groups is 1. The van der Waals surface area contributed by atoms with Crippen molar-refractivity contribution in [2.24, 2.45) is 46.3 Å². The molecule has 1 N–H and O–H groups in total. The standard InChI is InChI=1S/C28H46O/c1-18(2)19(3)7-8-20(4)24-11-12-25-23-10-9-21-17-22(29)13-15-27(21,5)26(23)14-16-28(24,25)6/h9,18,20,22-26,29H,3,7-8,10-17H2,1-2,4-6H3/t20-,22+,23+,24-,25-,26+,27+,28-/m1/s1. The Bertz CT molecular complexity index is 659. The first kappa shape index (κ1) is 21.7. The number of aliphatic hydroxyl groups excluding tert-OH is 1. The Kier molecular flexibility index (Phi) is 5.86. The zero-order chi connectivity index (χ0) is 21.0. The number of hydrogen-bond acceptors (Lipinski definition) is 1. The van der Waals surface area contributed by atoms with Gasteiger partial charge in [-0.05, 0) is 111 Å². The Labute approximate surface area is 180 Å². The molecule has 29 heavy (non-hydrogen) atoms. The highest BCUT2D eigenvalue weighted by Crippen LogP contribution is 2.67. The minimum Gasteiger partial charge on any atom is -0.393 e. The molecule has 0 radical (unpaired) electrons. The second kappa shape index (κ2) is 7.85. The van der Waals surface area contributed by atoms with Gasteiger partial charge in [-0.15, -0.1) is 0 Å². The summed E-state index contributed by atoms with van der Waals surface area (Å²) >= 11 is 0. The Hall–Kier alpha value is -0.560. The molecule has 0 aliphatic heterocycles. The molecule has 4 rings (SSSR count). The maximum Gasteiger partial charge on any atom is 0.0577 e. The van der Waals surface area contributed by atoms with Crippen molar-refractivity contribution in [3.8, 4) is 0 Å². The summed E-state index contributed by atoms with van der Waals surface area (Å²) in [5.41, 5.74) is 3.98. The van der Waals surface area contributed by atoms with Gasteiger partial charge in [0, 0.05) is 0 Å². The average Bonchev–Trinajstić information content (AvgIpc) is 3.03. The molecule has 164 valence electrons. The van der Waals surface area contributed by atoms with E-state index >= 15 is 0 Å². The predicted octanol–water partition coefficient (Wildman–Crippen LogP) is 7.55. The molecule has 4 aliphatic carbocycles. The molecule has 1 nitrogen and oxygen atoms in total. The molecule has 0 aromatic heterocycles. The first-order chi connectivity index (χ1) is 13.7. The summed E-state index contributed by atoms with van der Waals surface area (Å²) in [6.45, 7) is 16.7. The van der Waals surface area contributed by atoms with E-state index in [0.717, 1.165) is 42.4 Å². The van der Waals surface area contributed by atoms with Crippen LogP contribution in [0.15, 0.2) is 23.8 Å². The van der Waals surface area contributed by atoms with Crippen LogP contribution < -0.4 is 0 Å². The lowest BCUT2D eigenvalue weighted by molar-refractivity contribution is -0.0571. The molecule has 1 heteroatoms. The maximum absolute atomic E-state index is 10.2. The molecule has 0 unspecified atom stereocenters. The Morgan fingerprint density at radius 1 is 1.10 bits per heavy atom. The highest BCUT2D eigenvalue weighted by Gasteiger charge is 2.59. The summed E-state index contributed by atoms with van der Waals surface area (Å²) in [7, 11) is 0. The highest BCUT2D eigenvalue weighted by atomic mass is 16.3. The van der Waals surface area contributed by atoms with Crippen molar-refractivity contribution in [3.63, 3.8) is 0 Å². The predicted molar refractivity (Wildman–Crippen MR) is 124 cm³/mol. The van der Waals surface area contributed by atoms with Crippen molar-refractivity contribution in [3.05, 3.63) is 23.8 Å². The van der Waals surface area contributed by atoms with E-state index in [1.54, 1.807) is 5.57 Å². The lowest BCUT2D eigenvalue weighted by Gasteiger charge is -2.58. The van der Waals surface area contributed by atoms with Gasteiger partial charge < -0.3 is 5.11 Å². The van der Waals surface area contributed by atoms with Crippen LogP contribution in [0.2, 0.25) is 0 Å². The molecule has 3 fully saturated rings. The molecule has 0 bridgehead atoms. The lowest BCUT2D eigenvalue weighted by Crippen LogP contribution is -2.50. The zero-order valence-corrected chi connectivity index (χ0v) is 19.8. The van der Waals surface area contributed by atoms with Gasteiger partial charge in [-0.3, -0.25) is 0 Å². The van der Waals surface area contributed by atoms with Crippen LogP contribution in [0.1, 0.15) is 98.8 Å². The second-order valence-corrected chi connectivity index (χ2v) is 12.2. The van der Waals surface area contributed by atoms with Crippen LogP contribution in [0.4, 0.5) is 0 Å². The van der Waals surface area contributed by atoms with Crippen LogP contribution >= 0.6 is 0 Å². The summed E-state index contributed by atoms with van der Waals surface area (Å²) < 4.78 is 0. The van der Waals surface area contributed by atoms with Crippen LogP contribution in [0.5, 0.6) is 0 Å². The molecule has 8 atom stereocenters. The van der Waals surface area contributed by atoms with Gasteiger partial charge in [0.1, 0.15) is 0 Å². The van der Waals surface area contributed by atoms with Crippen molar-refractivity contribution in [1.82, 2.24) is 0 Å². The number of hydrogen-bond donors (Lipinski definition) is 1. The van der Waals surface area contributed by atoms with Crippen molar-refractivity contribution < 1.29 is 5.11 Å². The first-order valence-electron chi connectivity index (χ1n) is 12.7. The SMILES string of the molecule is C=C(CC[C@@H](C)[C@H]1CC[C@@H]2[C@@H]3CC=C4C[C@@H](O)CC[C@]4(C)[C@H]3CC[C@@]21C)C(C)C. The van der Waals surface area contributed by atoms with Gasteiger partial charge in [-0.2, -0.15) is 0 Å². The Morgan fingerprint density at radius 2 is 1.86 bits per heavy atom. The van der Waals surface area contributed by atoms with Gasteiger partial charge in [-0.25, -0.2) is 0 Å².